The summed E-state index contributed by atoms with van der Waals surface area (Å²) in [5.74, 6) is 1.63. The molecule has 6 nitrogen and oxygen atoms in total. The number of benzene rings is 2. The molecule has 2 N–H and O–H groups in total. The number of methoxy groups -OCH3 is 2. The summed E-state index contributed by atoms with van der Waals surface area (Å²) in [6.45, 7) is 2.26. The van der Waals surface area contributed by atoms with Gasteiger partial charge in [-0.3, -0.25) is 4.99 Å². The number of ether oxygens (including phenoxy) is 2. The Morgan fingerprint density at radius 3 is 2.31 bits per heavy atom. The van der Waals surface area contributed by atoms with Crippen molar-refractivity contribution in [1.29, 1.82) is 0 Å². The van der Waals surface area contributed by atoms with Crippen LogP contribution >= 0.6 is 24.0 Å². The van der Waals surface area contributed by atoms with Crippen LogP contribution in [0.15, 0.2) is 53.5 Å². The van der Waals surface area contributed by atoms with E-state index in [1.54, 1.807) is 19.2 Å². The standard InChI is InChI=1S/C22H27N3O3.HI/c1-23-22(24-15-16-13-19(27-2)21(26)20(14-16)28-3)25-11-9-18(10-12-25)17-7-5-4-6-8-17;/h4-9,13-14,26H,10-12,15H2,1-3H3,(H,23,24);1H. The molecule has 7 heteroatoms. The first-order chi connectivity index (χ1) is 13.7. The van der Waals surface area contributed by atoms with Gasteiger partial charge in [-0.2, -0.15) is 0 Å². The Hall–Kier alpha value is -2.42. The predicted molar refractivity (Wildman–Crippen MR) is 127 cm³/mol. The third kappa shape index (κ3) is 5.56. The molecule has 156 valence electrons. The van der Waals surface area contributed by atoms with E-state index in [2.05, 4.69) is 45.6 Å². The van der Waals surface area contributed by atoms with Crippen molar-refractivity contribution >= 4 is 35.5 Å². The zero-order valence-electron chi connectivity index (χ0n) is 17.0. The summed E-state index contributed by atoms with van der Waals surface area (Å²) in [7, 11) is 4.83. The number of halogens is 1. The zero-order chi connectivity index (χ0) is 19.9. The molecule has 0 radical (unpaired) electrons. The van der Waals surface area contributed by atoms with Gasteiger partial charge < -0.3 is 24.8 Å². The molecular weight excluding hydrogens is 481 g/mol. The van der Waals surface area contributed by atoms with Crippen LogP contribution in [0.1, 0.15) is 17.5 Å². The first-order valence-electron chi connectivity index (χ1n) is 9.30. The molecule has 0 aromatic heterocycles. The number of phenolic OH excluding ortho intramolecular Hbond substituents is 1. The molecule has 0 atom stereocenters. The highest BCUT2D eigenvalue weighted by atomic mass is 127. The maximum atomic E-state index is 10.1. The van der Waals surface area contributed by atoms with Gasteiger partial charge in [-0.05, 0) is 35.3 Å². The molecule has 2 aromatic rings. The number of rotatable bonds is 5. The Kier molecular flexibility index (Phi) is 8.63. The summed E-state index contributed by atoms with van der Waals surface area (Å²) in [5, 5.41) is 13.4. The van der Waals surface area contributed by atoms with Crippen molar-refractivity contribution in [2.24, 2.45) is 4.99 Å². The first kappa shape index (κ1) is 22.9. The molecule has 1 aliphatic heterocycles. The van der Waals surface area contributed by atoms with Crippen molar-refractivity contribution in [3.63, 3.8) is 0 Å². The van der Waals surface area contributed by atoms with Crippen LogP contribution in [0.4, 0.5) is 0 Å². The van der Waals surface area contributed by atoms with Crippen LogP contribution in [0, 0.1) is 0 Å². The van der Waals surface area contributed by atoms with E-state index in [1.165, 1.54) is 25.4 Å². The van der Waals surface area contributed by atoms with E-state index in [4.69, 9.17) is 9.47 Å². The number of nitrogens with one attached hydrogen (secondary N) is 1. The number of guanidine groups is 1. The van der Waals surface area contributed by atoms with Gasteiger partial charge in [0.1, 0.15) is 0 Å². The quantitative estimate of drug-likeness (QED) is 0.364. The molecule has 0 bridgehead atoms. The average Bonchev–Trinajstić information content (AvgIpc) is 2.76. The van der Waals surface area contributed by atoms with Crippen LogP contribution in [0.25, 0.3) is 5.57 Å². The van der Waals surface area contributed by atoms with Gasteiger partial charge in [-0.25, -0.2) is 0 Å². The van der Waals surface area contributed by atoms with Gasteiger partial charge in [-0.15, -0.1) is 24.0 Å². The highest BCUT2D eigenvalue weighted by Crippen LogP contribution is 2.37. The van der Waals surface area contributed by atoms with Crippen LogP contribution in [-0.4, -0.2) is 50.3 Å². The molecule has 0 fully saturated rings. The lowest BCUT2D eigenvalue weighted by atomic mass is 10.00. The fraction of sp³-hybridized carbons (Fsp3) is 0.318. The Labute approximate surface area is 189 Å². The Morgan fingerprint density at radius 2 is 1.79 bits per heavy atom. The molecule has 1 aliphatic rings. The Morgan fingerprint density at radius 1 is 1.14 bits per heavy atom. The molecule has 3 rings (SSSR count). The molecule has 2 aromatic carbocycles. The summed E-state index contributed by atoms with van der Waals surface area (Å²) in [6, 6.07) is 14.1. The SMILES string of the molecule is CN=C(NCc1cc(OC)c(O)c(OC)c1)N1CC=C(c2ccccc2)CC1.I. The van der Waals surface area contributed by atoms with Gasteiger partial charge in [0.25, 0.3) is 0 Å². The van der Waals surface area contributed by atoms with E-state index < -0.39 is 0 Å². The van der Waals surface area contributed by atoms with Crippen LogP contribution in [-0.2, 0) is 6.54 Å². The van der Waals surface area contributed by atoms with Crippen molar-refractivity contribution in [2.45, 2.75) is 13.0 Å². The van der Waals surface area contributed by atoms with Crippen molar-refractivity contribution in [3.05, 3.63) is 59.7 Å². The second kappa shape index (κ2) is 10.9. The fourth-order valence-electron chi connectivity index (χ4n) is 3.34. The Bertz CT molecular complexity index is 844. The highest BCUT2D eigenvalue weighted by molar-refractivity contribution is 14.0. The molecule has 0 spiro atoms. The third-order valence-corrected chi connectivity index (χ3v) is 4.86. The number of phenols is 1. The smallest absolute Gasteiger partial charge is 0.200 e. The number of hydrogen-bond donors (Lipinski definition) is 2. The molecule has 0 amide bonds. The number of nitrogens with zero attached hydrogens (tertiary/aromatic N) is 2. The lowest BCUT2D eigenvalue weighted by Gasteiger charge is -2.30. The molecule has 0 saturated carbocycles. The summed E-state index contributed by atoms with van der Waals surface area (Å²) >= 11 is 0. The fourth-order valence-corrected chi connectivity index (χ4v) is 3.34. The van der Waals surface area contributed by atoms with Crippen LogP contribution in [0.5, 0.6) is 17.2 Å². The van der Waals surface area contributed by atoms with E-state index in [0.717, 1.165) is 31.0 Å². The van der Waals surface area contributed by atoms with Crippen molar-refractivity contribution < 1.29 is 14.6 Å². The lowest BCUT2D eigenvalue weighted by molar-refractivity contribution is 0.339. The third-order valence-electron chi connectivity index (χ3n) is 4.86. The van der Waals surface area contributed by atoms with Gasteiger partial charge >= 0.3 is 0 Å². The summed E-state index contributed by atoms with van der Waals surface area (Å²) < 4.78 is 10.5. The minimum Gasteiger partial charge on any atom is -0.502 e. The second-order valence-corrected chi connectivity index (χ2v) is 6.54. The van der Waals surface area contributed by atoms with E-state index in [9.17, 15) is 5.11 Å². The molecule has 29 heavy (non-hydrogen) atoms. The van der Waals surface area contributed by atoms with Gasteiger partial charge in [0.05, 0.1) is 14.2 Å². The average molecular weight is 509 g/mol. The summed E-state index contributed by atoms with van der Waals surface area (Å²) in [6.07, 6.45) is 3.24. The highest BCUT2D eigenvalue weighted by Gasteiger charge is 2.17. The van der Waals surface area contributed by atoms with Gasteiger partial charge in [-0.1, -0.05) is 36.4 Å². The number of hydrogen-bond acceptors (Lipinski definition) is 4. The first-order valence-corrected chi connectivity index (χ1v) is 9.30. The number of aliphatic imine (C=N–C) groups is 1. The lowest BCUT2D eigenvalue weighted by Crippen LogP contribution is -2.43. The predicted octanol–water partition coefficient (Wildman–Crippen LogP) is 3.89. The van der Waals surface area contributed by atoms with Crippen molar-refractivity contribution in [3.8, 4) is 17.2 Å². The van der Waals surface area contributed by atoms with E-state index >= 15 is 0 Å². The van der Waals surface area contributed by atoms with Crippen molar-refractivity contribution in [2.75, 3.05) is 34.4 Å². The van der Waals surface area contributed by atoms with E-state index in [0.29, 0.717) is 18.0 Å². The van der Waals surface area contributed by atoms with Crippen LogP contribution in [0.3, 0.4) is 0 Å². The minimum absolute atomic E-state index is 0. The minimum atomic E-state index is 0. The largest absolute Gasteiger partial charge is 0.502 e. The topological polar surface area (TPSA) is 66.3 Å². The van der Waals surface area contributed by atoms with Gasteiger partial charge in [0.2, 0.25) is 5.75 Å². The molecule has 0 saturated heterocycles. The maximum absolute atomic E-state index is 10.1. The molecule has 1 heterocycles. The van der Waals surface area contributed by atoms with E-state index in [1.807, 2.05) is 6.07 Å². The summed E-state index contributed by atoms with van der Waals surface area (Å²) in [5.41, 5.74) is 3.60. The monoisotopic (exact) mass is 509 g/mol. The molecular formula is C22H28IN3O3. The molecule has 0 unspecified atom stereocenters. The number of aromatic hydroxyl groups is 1. The second-order valence-electron chi connectivity index (χ2n) is 6.54. The molecule has 0 aliphatic carbocycles. The van der Waals surface area contributed by atoms with Crippen molar-refractivity contribution in [1.82, 2.24) is 10.2 Å². The van der Waals surface area contributed by atoms with E-state index in [-0.39, 0.29) is 29.7 Å². The summed E-state index contributed by atoms with van der Waals surface area (Å²) in [4.78, 5) is 6.64. The van der Waals surface area contributed by atoms with Crippen LogP contribution < -0.4 is 14.8 Å². The Balaban J connectivity index is 0.00000300. The van der Waals surface area contributed by atoms with Gasteiger partial charge in [0, 0.05) is 26.7 Å². The maximum Gasteiger partial charge on any atom is 0.200 e. The normalized spacial score (nSPS) is 14.0. The van der Waals surface area contributed by atoms with Crippen LogP contribution in [0.2, 0.25) is 0 Å². The van der Waals surface area contributed by atoms with Gasteiger partial charge in [0.15, 0.2) is 17.5 Å². The zero-order valence-corrected chi connectivity index (χ0v) is 19.3.